The van der Waals surface area contributed by atoms with Gasteiger partial charge in [0.1, 0.15) is 47.2 Å². The number of fused-ring (bicyclic) bond motifs is 4. The minimum Gasteiger partial charge on any atom is -0.495 e. The highest BCUT2D eigenvalue weighted by Crippen LogP contribution is 2.38. The van der Waals surface area contributed by atoms with Gasteiger partial charge in [0.25, 0.3) is 17.7 Å². The highest BCUT2D eigenvalue weighted by atomic mass is 35.5. The van der Waals surface area contributed by atoms with Crippen molar-refractivity contribution in [3.8, 4) is 5.75 Å². The molecular formula is C60H82ClN9O16. The van der Waals surface area contributed by atoms with Gasteiger partial charge >= 0.3 is 18.1 Å². The van der Waals surface area contributed by atoms with E-state index in [1.807, 2.05) is 6.92 Å². The number of ether oxygens (including phenoxy) is 4. The summed E-state index contributed by atoms with van der Waals surface area (Å²) in [5.74, 6) is -7.30. The summed E-state index contributed by atoms with van der Waals surface area (Å²) in [5.41, 5.74) is 4.97. The van der Waals surface area contributed by atoms with Gasteiger partial charge in [0, 0.05) is 71.1 Å². The molecule has 86 heavy (non-hydrogen) atoms. The standard InChI is InChI=1S/C60H82ClN9O16/c1-33(2)52(66-47(71)23-12-11-15-27-70-48(72)24-25-49(70)73)55(77)65-41(21-17-26-63-58(62)80)54(76)64-40-20-14-13-19-39(40)56(78)68(7)37(6)57(79)85-43-31-50(74)69(8)42-29-38(30-44(83-9)51(42)61)28-34(3)18-16-22-46(84-10)60(82)32-45(86-59(81)67-60)36(5)53(75)35(43)4/h13-14,16,18-20,22,24-25,29-30,33,35-37,41,43,45-46,52-53,75,82H,11-12,15,17,21,23,26-28,31-32H2,1-10H3,(H,64,76)(H,65,77)(H,66,71)(H,67,81)(H3,62,63,80)/b22-16+,34-18+/t35-,36-,37+,41+,43+,45+,46-,52+,53-,60+/m1/s1. The van der Waals surface area contributed by atoms with Gasteiger partial charge in [-0.2, -0.15) is 0 Å². The third kappa shape index (κ3) is 18.3. The zero-order valence-corrected chi connectivity index (χ0v) is 51.1. The normalized spacial score (nSPS) is 23.8. The number of carbonyl (C=O) groups is 10. The van der Waals surface area contributed by atoms with Crippen molar-refractivity contribution in [3.63, 3.8) is 0 Å². The number of anilines is 2. The second-order valence-corrected chi connectivity index (χ2v) is 22.7. The number of benzene rings is 2. The number of methoxy groups -OCH3 is 2. The number of aliphatic hydroxyl groups excluding tert-OH is 1. The molecule has 3 aliphatic heterocycles. The first kappa shape index (κ1) is 68.9. The van der Waals surface area contributed by atoms with Crippen LogP contribution in [0.4, 0.5) is 21.0 Å². The van der Waals surface area contributed by atoms with E-state index in [4.69, 9.17) is 36.3 Å². The van der Waals surface area contributed by atoms with Gasteiger partial charge in [0.2, 0.25) is 23.6 Å². The van der Waals surface area contributed by atoms with Crippen molar-refractivity contribution in [2.24, 2.45) is 23.5 Å². The van der Waals surface area contributed by atoms with E-state index in [0.717, 1.165) is 15.4 Å². The Morgan fingerprint density at radius 3 is 2.29 bits per heavy atom. The van der Waals surface area contributed by atoms with Crippen molar-refractivity contribution in [1.29, 1.82) is 0 Å². The van der Waals surface area contributed by atoms with Crippen LogP contribution in [0.1, 0.15) is 109 Å². The van der Waals surface area contributed by atoms with E-state index in [-0.39, 0.29) is 66.5 Å². The number of imide groups is 1. The fourth-order valence-electron chi connectivity index (χ4n) is 10.2. The summed E-state index contributed by atoms with van der Waals surface area (Å²) >= 11 is 6.83. The van der Waals surface area contributed by atoms with Crippen LogP contribution in [0.15, 0.2) is 72.4 Å². The minimum absolute atomic E-state index is 0.0179. The fraction of sp³-hybridized carbons (Fsp3) is 0.533. The maximum absolute atomic E-state index is 14.5. The molecule has 1 saturated heterocycles. The van der Waals surface area contributed by atoms with Crippen molar-refractivity contribution >= 4 is 82.4 Å². The number of allylic oxidation sites excluding steroid dienone is 3. The zero-order valence-electron chi connectivity index (χ0n) is 50.3. The Hall–Kier alpha value is -7.87. The second-order valence-electron chi connectivity index (χ2n) is 22.3. The summed E-state index contributed by atoms with van der Waals surface area (Å²) in [4.78, 5) is 137. The average molecular weight is 1220 g/mol. The van der Waals surface area contributed by atoms with Crippen molar-refractivity contribution < 1.29 is 77.1 Å². The van der Waals surface area contributed by atoms with Gasteiger partial charge in [-0.15, -0.1) is 0 Å². The Bertz CT molecular complexity index is 2920. The van der Waals surface area contributed by atoms with E-state index in [9.17, 15) is 58.2 Å². The Balaban J connectivity index is 1.36. The largest absolute Gasteiger partial charge is 0.495 e. The van der Waals surface area contributed by atoms with Crippen molar-refractivity contribution in [2.75, 3.05) is 51.6 Å². The molecule has 0 unspecified atom stereocenters. The number of hydrogen-bond acceptors (Lipinski definition) is 16. The molecule has 1 fully saturated rings. The lowest BCUT2D eigenvalue weighted by Gasteiger charge is -2.43. The predicted molar refractivity (Wildman–Crippen MR) is 317 cm³/mol. The fourth-order valence-corrected chi connectivity index (χ4v) is 10.5. The monoisotopic (exact) mass is 1220 g/mol. The highest BCUT2D eigenvalue weighted by molar-refractivity contribution is 6.35. The molecule has 5 rings (SSSR count). The quantitative estimate of drug-likeness (QED) is 0.0466. The highest BCUT2D eigenvalue weighted by Gasteiger charge is 2.49. The van der Waals surface area contributed by atoms with E-state index in [0.29, 0.717) is 31.2 Å². The number of hydrogen-bond donors (Lipinski definition) is 8. The number of esters is 1. The topological polar surface area (TPSA) is 344 Å². The van der Waals surface area contributed by atoms with Crippen LogP contribution in [0, 0.1) is 17.8 Å². The number of likely N-dealkylation sites (N-methyl/N-ethyl adjacent to an activating group) is 1. The molecule has 3 heterocycles. The van der Waals surface area contributed by atoms with Crippen molar-refractivity contribution in [3.05, 3.63) is 88.5 Å². The molecule has 10 amide bonds. The number of primary amides is 1. The van der Waals surface area contributed by atoms with E-state index in [1.54, 1.807) is 57.2 Å². The maximum atomic E-state index is 14.5. The van der Waals surface area contributed by atoms with E-state index in [2.05, 4.69) is 26.6 Å². The number of unbranched alkanes of at least 4 members (excludes halogenated alkanes) is 2. The summed E-state index contributed by atoms with van der Waals surface area (Å²) < 4.78 is 23.0. The molecule has 0 radical (unpaired) electrons. The summed E-state index contributed by atoms with van der Waals surface area (Å²) in [7, 11) is 5.59. The number of para-hydroxylation sites is 1. The smallest absolute Gasteiger partial charge is 0.409 e. The van der Waals surface area contributed by atoms with Crippen LogP contribution in [0.5, 0.6) is 5.75 Å². The molecule has 3 aliphatic rings. The first-order valence-corrected chi connectivity index (χ1v) is 28.9. The SMILES string of the molecule is COc1cc2cc(c1Cl)N(C)C(=O)C[C@H](OC(=O)[C@H](C)N(C)C(=O)c1ccccc1NC(=O)[C@H](CCCNC(N)=O)NC(=O)[C@@H](NC(=O)CCCCCN1C(=O)C=CC1=O)C(C)C)[C@@H](C)[C@@H](O)[C@H](C)[C@@H]1C[C@@](O)(NC(=O)O1)[C@H](OC)/C=C/C=C(\C)C2. The van der Waals surface area contributed by atoms with Gasteiger partial charge in [-0.05, 0) is 81.7 Å². The molecule has 0 aromatic heterocycles. The number of rotatable bonds is 22. The Kier molecular flexibility index (Phi) is 25.2. The van der Waals surface area contributed by atoms with E-state index >= 15 is 0 Å². The van der Waals surface area contributed by atoms with Crippen LogP contribution in [0.3, 0.4) is 0 Å². The molecule has 0 saturated carbocycles. The number of alkyl carbamates (subject to hydrolysis) is 1. The van der Waals surface area contributed by atoms with Gasteiger partial charge in [-0.1, -0.05) is 81.7 Å². The summed E-state index contributed by atoms with van der Waals surface area (Å²) in [6.07, 6.45) is 2.46. The number of nitrogens with one attached hydrogen (secondary N) is 5. The van der Waals surface area contributed by atoms with Crippen LogP contribution in [-0.4, -0.2) is 169 Å². The average Bonchev–Trinajstić information content (AvgIpc) is 1.56. The third-order valence-corrected chi connectivity index (χ3v) is 16.0. The number of carbonyl (C=O) groups excluding carboxylic acids is 10. The number of aliphatic hydroxyl groups is 2. The van der Waals surface area contributed by atoms with Crippen LogP contribution >= 0.6 is 11.6 Å². The van der Waals surface area contributed by atoms with Crippen LogP contribution in [-0.2, 0) is 54.2 Å². The number of urea groups is 1. The lowest BCUT2D eigenvalue weighted by Crippen LogP contribution is -2.64. The molecule has 4 bridgehead atoms. The first-order valence-electron chi connectivity index (χ1n) is 28.5. The lowest BCUT2D eigenvalue weighted by atomic mass is 9.81. The molecule has 26 heteroatoms. The van der Waals surface area contributed by atoms with Gasteiger partial charge < -0.3 is 66.0 Å². The molecule has 0 aliphatic carbocycles. The Labute approximate surface area is 505 Å². The Morgan fingerprint density at radius 1 is 0.953 bits per heavy atom. The van der Waals surface area contributed by atoms with Crippen LogP contribution in [0.2, 0.25) is 5.02 Å². The molecule has 9 N–H and O–H groups in total. The van der Waals surface area contributed by atoms with Crippen LogP contribution < -0.4 is 42.0 Å². The van der Waals surface area contributed by atoms with Gasteiger partial charge in [-0.3, -0.25) is 43.8 Å². The third-order valence-electron chi connectivity index (χ3n) is 15.6. The molecule has 2 aromatic carbocycles. The number of nitrogens with zero attached hydrogens (tertiary/aromatic N) is 3. The van der Waals surface area contributed by atoms with Crippen LogP contribution in [0.25, 0.3) is 0 Å². The predicted octanol–water partition coefficient (Wildman–Crippen LogP) is 4.17. The summed E-state index contributed by atoms with van der Waals surface area (Å²) in [6.45, 7) is 10.00. The number of halogens is 1. The molecule has 25 nitrogen and oxygen atoms in total. The Morgan fingerprint density at radius 2 is 1.64 bits per heavy atom. The van der Waals surface area contributed by atoms with Crippen molar-refractivity contribution in [1.82, 2.24) is 31.1 Å². The second kappa shape index (κ2) is 31.5. The summed E-state index contributed by atoms with van der Waals surface area (Å²) in [5, 5.41) is 37.2. The first-order chi connectivity index (χ1) is 40.6. The maximum Gasteiger partial charge on any atom is 0.409 e. The minimum atomic E-state index is -2.00. The number of nitrogens with two attached hydrogens (primary N) is 1. The number of amides is 10. The molecule has 10 atom stereocenters. The van der Waals surface area contributed by atoms with E-state index in [1.165, 1.54) is 77.4 Å². The molecular weight excluding hydrogens is 1140 g/mol. The lowest BCUT2D eigenvalue weighted by molar-refractivity contribution is -0.165. The summed E-state index contributed by atoms with van der Waals surface area (Å²) in [6, 6.07) is 4.75. The van der Waals surface area contributed by atoms with E-state index < -0.39 is 132 Å². The van der Waals surface area contributed by atoms with Crippen molar-refractivity contribution in [2.45, 2.75) is 148 Å². The molecule has 470 valence electrons. The van der Waals surface area contributed by atoms with Gasteiger partial charge in [-0.25, -0.2) is 14.4 Å². The van der Waals surface area contributed by atoms with Gasteiger partial charge in [0.15, 0.2) is 5.72 Å². The van der Waals surface area contributed by atoms with Gasteiger partial charge in [0.05, 0.1) is 36.6 Å². The molecule has 0 spiro atoms. The zero-order chi connectivity index (χ0) is 63.7. The molecule has 2 aromatic rings.